The minimum Gasteiger partial charge on any atom is -0.467 e. The molecule has 1 unspecified atom stereocenters. The first-order valence-electron chi connectivity index (χ1n) is 5.54. The van der Waals surface area contributed by atoms with Gasteiger partial charge in [0.15, 0.2) is 0 Å². The minimum atomic E-state index is -0.648. The van der Waals surface area contributed by atoms with Crippen molar-refractivity contribution in [2.45, 2.75) is 32.2 Å². The Bertz CT molecular complexity index is 337. The summed E-state index contributed by atoms with van der Waals surface area (Å²) in [6.45, 7) is 3.92. The van der Waals surface area contributed by atoms with Crippen LogP contribution in [0.25, 0.3) is 0 Å². The van der Waals surface area contributed by atoms with Gasteiger partial charge in [-0.15, -0.1) is 0 Å². The summed E-state index contributed by atoms with van der Waals surface area (Å²) < 4.78 is 4.84. The number of carbonyl (C=O) groups excluding carboxylic acids is 1. The molecule has 1 aromatic carbocycles. The van der Waals surface area contributed by atoms with E-state index >= 15 is 0 Å². The van der Waals surface area contributed by atoms with Crippen LogP contribution in [0, 0.1) is 0 Å². The maximum atomic E-state index is 11.7. The summed E-state index contributed by atoms with van der Waals surface area (Å²) in [5, 5.41) is 3.23. The van der Waals surface area contributed by atoms with E-state index in [0.29, 0.717) is 0 Å². The molecule has 0 fully saturated rings. The molecule has 0 saturated carbocycles. The zero-order chi connectivity index (χ0) is 12.0. The fraction of sp³-hybridized carbons (Fsp3) is 0.462. The Morgan fingerprint density at radius 1 is 1.38 bits per heavy atom. The van der Waals surface area contributed by atoms with Crippen molar-refractivity contribution in [2.75, 3.05) is 12.4 Å². The molecule has 0 aliphatic rings. The van der Waals surface area contributed by atoms with E-state index in [1.54, 1.807) is 0 Å². The number of para-hydroxylation sites is 1. The fourth-order valence-electron chi connectivity index (χ4n) is 1.78. The number of hydrogen-bond donors (Lipinski definition) is 1. The summed E-state index contributed by atoms with van der Waals surface area (Å²) in [6.07, 6.45) is 1.67. The lowest BCUT2D eigenvalue weighted by Gasteiger charge is -2.28. The van der Waals surface area contributed by atoms with Crippen LogP contribution >= 0.6 is 0 Å². The standard InChI is InChI=1S/C13H19NO2/c1-4-10-13(2,12(15)16-3)14-11-8-6-5-7-9-11/h5-9,14H,4,10H2,1-3H3. The number of nitrogens with one attached hydrogen (secondary N) is 1. The highest BCUT2D eigenvalue weighted by molar-refractivity contribution is 5.83. The molecule has 3 nitrogen and oxygen atoms in total. The molecule has 1 N–H and O–H groups in total. The molecule has 0 heterocycles. The van der Waals surface area contributed by atoms with Gasteiger partial charge in [-0.2, -0.15) is 0 Å². The number of carbonyl (C=O) groups is 1. The number of methoxy groups -OCH3 is 1. The molecule has 3 heteroatoms. The second-order valence-corrected chi connectivity index (χ2v) is 4.06. The lowest BCUT2D eigenvalue weighted by Crippen LogP contribution is -2.44. The fourth-order valence-corrected chi connectivity index (χ4v) is 1.78. The molecule has 16 heavy (non-hydrogen) atoms. The third kappa shape index (κ3) is 2.99. The van der Waals surface area contributed by atoms with Gasteiger partial charge in [0.05, 0.1) is 7.11 Å². The first-order chi connectivity index (χ1) is 7.62. The molecule has 0 spiro atoms. The quantitative estimate of drug-likeness (QED) is 0.777. The van der Waals surface area contributed by atoms with Crippen molar-refractivity contribution < 1.29 is 9.53 Å². The number of anilines is 1. The molecular weight excluding hydrogens is 202 g/mol. The summed E-state index contributed by atoms with van der Waals surface area (Å²) in [7, 11) is 1.42. The molecule has 1 atom stereocenters. The van der Waals surface area contributed by atoms with Crippen LogP contribution in [0.2, 0.25) is 0 Å². The lowest BCUT2D eigenvalue weighted by atomic mass is 9.96. The summed E-state index contributed by atoms with van der Waals surface area (Å²) in [5.41, 5.74) is 0.286. The molecule has 0 aliphatic carbocycles. The molecule has 0 aliphatic heterocycles. The molecule has 0 bridgehead atoms. The predicted molar refractivity (Wildman–Crippen MR) is 65.4 cm³/mol. The van der Waals surface area contributed by atoms with E-state index < -0.39 is 5.54 Å². The van der Waals surface area contributed by atoms with Crippen molar-refractivity contribution >= 4 is 11.7 Å². The zero-order valence-electron chi connectivity index (χ0n) is 10.1. The normalized spacial score (nSPS) is 13.9. The summed E-state index contributed by atoms with van der Waals surface area (Å²) in [4.78, 5) is 11.7. The Labute approximate surface area is 96.8 Å². The third-order valence-electron chi connectivity index (χ3n) is 2.58. The Morgan fingerprint density at radius 2 is 2.00 bits per heavy atom. The topological polar surface area (TPSA) is 38.3 Å². The van der Waals surface area contributed by atoms with Gasteiger partial charge < -0.3 is 10.1 Å². The van der Waals surface area contributed by atoms with Crippen molar-refractivity contribution in [3.63, 3.8) is 0 Å². The molecule has 88 valence electrons. The van der Waals surface area contributed by atoms with Crippen molar-refractivity contribution in [2.24, 2.45) is 0 Å². The summed E-state index contributed by atoms with van der Waals surface area (Å²) in [5.74, 6) is -0.224. The number of rotatable bonds is 5. The van der Waals surface area contributed by atoms with Gasteiger partial charge in [-0.05, 0) is 25.5 Å². The van der Waals surface area contributed by atoms with Crippen LogP contribution in [0.1, 0.15) is 26.7 Å². The Morgan fingerprint density at radius 3 is 2.50 bits per heavy atom. The van der Waals surface area contributed by atoms with E-state index in [-0.39, 0.29) is 5.97 Å². The van der Waals surface area contributed by atoms with Crippen molar-refractivity contribution in [1.29, 1.82) is 0 Å². The Balaban J connectivity index is 2.83. The second-order valence-electron chi connectivity index (χ2n) is 4.06. The monoisotopic (exact) mass is 221 g/mol. The molecule has 0 amide bonds. The molecule has 0 aromatic heterocycles. The minimum absolute atomic E-state index is 0.224. The van der Waals surface area contributed by atoms with E-state index in [1.165, 1.54) is 7.11 Å². The first kappa shape index (κ1) is 12.6. The number of benzene rings is 1. The van der Waals surface area contributed by atoms with E-state index in [2.05, 4.69) is 5.32 Å². The van der Waals surface area contributed by atoms with Crippen LogP contribution < -0.4 is 5.32 Å². The van der Waals surface area contributed by atoms with Gasteiger partial charge in [0.2, 0.25) is 0 Å². The smallest absolute Gasteiger partial charge is 0.331 e. The zero-order valence-corrected chi connectivity index (χ0v) is 10.1. The van der Waals surface area contributed by atoms with Crippen LogP contribution in [-0.4, -0.2) is 18.6 Å². The highest BCUT2D eigenvalue weighted by Crippen LogP contribution is 2.21. The molecule has 0 saturated heterocycles. The van der Waals surface area contributed by atoms with Crippen molar-refractivity contribution in [3.05, 3.63) is 30.3 Å². The molecule has 0 radical (unpaired) electrons. The van der Waals surface area contributed by atoms with Crippen LogP contribution in [0.3, 0.4) is 0 Å². The predicted octanol–water partition coefficient (Wildman–Crippen LogP) is 2.83. The maximum Gasteiger partial charge on any atom is 0.331 e. The average Bonchev–Trinajstić information content (AvgIpc) is 2.29. The Hall–Kier alpha value is -1.51. The van der Waals surface area contributed by atoms with Crippen molar-refractivity contribution in [1.82, 2.24) is 0 Å². The van der Waals surface area contributed by atoms with Gasteiger partial charge in [-0.25, -0.2) is 4.79 Å². The molecular formula is C13H19NO2. The van der Waals surface area contributed by atoms with E-state index in [9.17, 15) is 4.79 Å². The third-order valence-corrected chi connectivity index (χ3v) is 2.58. The highest BCUT2D eigenvalue weighted by Gasteiger charge is 2.33. The Kier molecular flexibility index (Phi) is 4.35. The highest BCUT2D eigenvalue weighted by atomic mass is 16.5. The van der Waals surface area contributed by atoms with Crippen LogP contribution in [0.15, 0.2) is 30.3 Å². The van der Waals surface area contributed by atoms with Crippen LogP contribution in [0.5, 0.6) is 0 Å². The second kappa shape index (κ2) is 5.54. The molecule has 1 rings (SSSR count). The van der Waals surface area contributed by atoms with Gasteiger partial charge in [0.1, 0.15) is 5.54 Å². The number of ether oxygens (including phenoxy) is 1. The van der Waals surface area contributed by atoms with E-state index in [4.69, 9.17) is 4.74 Å². The van der Waals surface area contributed by atoms with E-state index in [1.807, 2.05) is 44.2 Å². The van der Waals surface area contributed by atoms with Gasteiger partial charge in [0, 0.05) is 5.69 Å². The molecule has 1 aromatic rings. The van der Waals surface area contributed by atoms with Gasteiger partial charge >= 0.3 is 5.97 Å². The number of hydrogen-bond acceptors (Lipinski definition) is 3. The van der Waals surface area contributed by atoms with Crippen molar-refractivity contribution in [3.8, 4) is 0 Å². The van der Waals surface area contributed by atoms with Crippen LogP contribution in [0.4, 0.5) is 5.69 Å². The largest absolute Gasteiger partial charge is 0.467 e. The summed E-state index contributed by atoms with van der Waals surface area (Å²) >= 11 is 0. The number of esters is 1. The van der Waals surface area contributed by atoms with Gasteiger partial charge in [-0.1, -0.05) is 31.5 Å². The SMILES string of the molecule is CCCC(C)(Nc1ccccc1)C(=O)OC. The lowest BCUT2D eigenvalue weighted by molar-refractivity contribution is -0.145. The first-order valence-corrected chi connectivity index (χ1v) is 5.54. The van der Waals surface area contributed by atoms with Gasteiger partial charge in [-0.3, -0.25) is 0 Å². The van der Waals surface area contributed by atoms with Crippen LogP contribution in [-0.2, 0) is 9.53 Å². The average molecular weight is 221 g/mol. The van der Waals surface area contributed by atoms with Gasteiger partial charge in [0.25, 0.3) is 0 Å². The van der Waals surface area contributed by atoms with E-state index in [0.717, 1.165) is 18.5 Å². The summed E-state index contributed by atoms with van der Waals surface area (Å²) in [6, 6.07) is 9.70. The maximum absolute atomic E-state index is 11.7.